The van der Waals surface area contributed by atoms with Crippen molar-refractivity contribution in [1.82, 2.24) is 10.3 Å². The van der Waals surface area contributed by atoms with Gasteiger partial charge in [0.1, 0.15) is 5.01 Å². The topological polar surface area (TPSA) is 68.3 Å². The second kappa shape index (κ2) is 8.04. The monoisotopic (exact) mass is 372 g/mol. The number of thiophene rings is 1. The molecule has 0 fully saturated rings. The number of nitrogens with zero attached hydrogens (tertiary/aromatic N) is 1. The van der Waals surface area contributed by atoms with Gasteiger partial charge in [0.05, 0.1) is 0 Å². The number of hydrogen-bond donors (Lipinski definition) is 1. The van der Waals surface area contributed by atoms with E-state index >= 15 is 0 Å². The average Bonchev–Trinajstić information content (AvgIpc) is 3.31. The number of thiazole rings is 1. The fourth-order valence-electron chi connectivity index (χ4n) is 2.09. The molecule has 5 nitrogen and oxygen atoms in total. The molecule has 7 heteroatoms. The lowest BCUT2D eigenvalue weighted by atomic mass is 10.2. The Morgan fingerprint density at radius 2 is 2.00 bits per heavy atom. The molecule has 3 rings (SSSR count). The van der Waals surface area contributed by atoms with Crippen molar-refractivity contribution in [3.8, 4) is 10.6 Å². The second-order valence-electron chi connectivity index (χ2n) is 5.30. The fraction of sp³-hybridized carbons (Fsp3) is 0.167. The number of nitrogens with one attached hydrogen (secondary N) is 1. The molecular weight excluding hydrogens is 356 g/mol. The molecule has 1 amide bonds. The standard InChI is InChI=1S/C18H16N2O3S2/c1-12(16(21)19-9-13-5-3-2-4-6-13)23-18(22)15-11-25-17(20-15)14-7-8-24-10-14/h2-8,10-12H,9H2,1H3,(H,19,21). The molecule has 2 aromatic heterocycles. The average molecular weight is 372 g/mol. The van der Waals surface area contributed by atoms with E-state index in [9.17, 15) is 9.59 Å². The SMILES string of the molecule is CC(OC(=O)c1csc(-c2ccsc2)n1)C(=O)NCc1ccccc1. The zero-order chi connectivity index (χ0) is 17.6. The minimum Gasteiger partial charge on any atom is -0.448 e. The molecule has 1 aromatic carbocycles. The van der Waals surface area contributed by atoms with E-state index < -0.39 is 12.1 Å². The van der Waals surface area contributed by atoms with Crippen molar-refractivity contribution in [1.29, 1.82) is 0 Å². The van der Waals surface area contributed by atoms with Crippen LogP contribution in [-0.2, 0) is 16.1 Å². The van der Waals surface area contributed by atoms with Gasteiger partial charge < -0.3 is 10.1 Å². The molecule has 0 aliphatic carbocycles. The van der Waals surface area contributed by atoms with Crippen molar-refractivity contribution in [2.45, 2.75) is 19.6 Å². The number of carbonyl (C=O) groups is 2. The molecule has 2 heterocycles. The van der Waals surface area contributed by atoms with Gasteiger partial charge in [0.2, 0.25) is 0 Å². The Labute approximate surface area is 153 Å². The number of esters is 1. The van der Waals surface area contributed by atoms with E-state index in [4.69, 9.17) is 4.74 Å². The first-order chi connectivity index (χ1) is 12.1. The smallest absolute Gasteiger partial charge is 0.358 e. The normalized spacial score (nSPS) is 11.7. The van der Waals surface area contributed by atoms with Crippen LogP contribution in [0.3, 0.4) is 0 Å². The van der Waals surface area contributed by atoms with Crippen molar-refractivity contribution in [3.05, 3.63) is 63.8 Å². The fourth-order valence-corrected chi connectivity index (χ4v) is 3.59. The molecule has 1 N–H and O–H groups in total. The van der Waals surface area contributed by atoms with E-state index in [2.05, 4.69) is 10.3 Å². The van der Waals surface area contributed by atoms with Crippen LogP contribution in [0.1, 0.15) is 23.0 Å². The summed E-state index contributed by atoms with van der Waals surface area (Å²) in [5.41, 5.74) is 2.17. The van der Waals surface area contributed by atoms with Crippen molar-refractivity contribution in [2.24, 2.45) is 0 Å². The molecular formula is C18H16N2O3S2. The number of amides is 1. The maximum Gasteiger partial charge on any atom is 0.358 e. The zero-order valence-electron chi connectivity index (χ0n) is 13.5. The Kier molecular flexibility index (Phi) is 5.57. The maximum absolute atomic E-state index is 12.2. The van der Waals surface area contributed by atoms with E-state index in [1.165, 1.54) is 11.3 Å². The Balaban J connectivity index is 1.54. The van der Waals surface area contributed by atoms with Gasteiger partial charge in [0.15, 0.2) is 11.8 Å². The number of rotatable bonds is 6. The quantitative estimate of drug-likeness (QED) is 0.670. The summed E-state index contributed by atoms with van der Waals surface area (Å²) in [5.74, 6) is -0.939. The van der Waals surface area contributed by atoms with Crippen LogP contribution < -0.4 is 5.32 Å². The van der Waals surface area contributed by atoms with Crippen molar-refractivity contribution in [3.63, 3.8) is 0 Å². The van der Waals surface area contributed by atoms with Gasteiger partial charge in [-0.2, -0.15) is 11.3 Å². The number of hydrogen-bond acceptors (Lipinski definition) is 6. The summed E-state index contributed by atoms with van der Waals surface area (Å²) in [7, 11) is 0. The van der Waals surface area contributed by atoms with E-state index in [0.29, 0.717) is 6.54 Å². The van der Waals surface area contributed by atoms with E-state index in [0.717, 1.165) is 16.1 Å². The Bertz CT molecular complexity index is 844. The van der Waals surface area contributed by atoms with Crippen molar-refractivity contribution in [2.75, 3.05) is 0 Å². The molecule has 0 aliphatic heterocycles. The first-order valence-corrected chi connectivity index (χ1v) is 9.46. The predicted octanol–water partition coefficient (Wildman–Crippen LogP) is 3.73. The predicted molar refractivity (Wildman–Crippen MR) is 98.6 cm³/mol. The van der Waals surface area contributed by atoms with Crippen LogP contribution in [0.25, 0.3) is 10.6 Å². The maximum atomic E-state index is 12.2. The first kappa shape index (κ1) is 17.3. The summed E-state index contributed by atoms with van der Waals surface area (Å²) in [6.07, 6.45) is -0.887. The minimum atomic E-state index is -0.887. The van der Waals surface area contributed by atoms with Gasteiger partial charge in [0, 0.05) is 22.9 Å². The van der Waals surface area contributed by atoms with Crippen LogP contribution in [0.5, 0.6) is 0 Å². The molecule has 0 saturated carbocycles. The van der Waals surface area contributed by atoms with Crippen LogP contribution in [-0.4, -0.2) is 23.0 Å². The third kappa shape index (κ3) is 4.52. The molecule has 0 spiro atoms. The van der Waals surface area contributed by atoms with Gasteiger partial charge in [-0.15, -0.1) is 11.3 Å². The van der Waals surface area contributed by atoms with Crippen LogP contribution in [0.2, 0.25) is 0 Å². The highest BCUT2D eigenvalue weighted by Gasteiger charge is 2.21. The molecule has 1 unspecified atom stereocenters. The summed E-state index contributed by atoms with van der Waals surface area (Å²) in [5, 5.41) is 9.07. The highest BCUT2D eigenvalue weighted by molar-refractivity contribution is 7.14. The lowest BCUT2D eigenvalue weighted by molar-refractivity contribution is -0.129. The van der Waals surface area contributed by atoms with Gasteiger partial charge in [0.25, 0.3) is 5.91 Å². The summed E-state index contributed by atoms with van der Waals surface area (Å²) in [6, 6.07) is 11.5. The molecule has 0 radical (unpaired) electrons. The molecule has 0 saturated heterocycles. The zero-order valence-corrected chi connectivity index (χ0v) is 15.1. The van der Waals surface area contributed by atoms with Crippen LogP contribution in [0.4, 0.5) is 0 Å². The van der Waals surface area contributed by atoms with Gasteiger partial charge in [-0.3, -0.25) is 4.79 Å². The molecule has 25 heavy (non-hydrogen) atoms. The summed E-state index contributed by atoms with van der Waals surface area (Å²) in [6.45, 7) is 1.94. The summed E-state index contributed by atoms with van der Waals surface area (Å²) in [4.78, 5) is 28.5. The number of aromatic nitrogens is 1. The van der Waals surface area contributed by atoms with Gasteiger partial charge in [-0.25, -0.2) is 9.78 Å². The summed E-state index contributed by atoms with van der Waals surface area (Å²) < 4.78 is 5.21. The Morgan fingerprint density at radius 1 is 1.20 bits per heavy atom. The number of ether oxygens (including phenoxy) is 1. The third-order valence-corrected chi connectivity index (χ3v) is 5.02. The van der Waals surface area contributed by atoms with Crippen LogP contribution >= 0.6 is 22.7 Å². The third-order valence-electron chi connectivity index (χ3n) is 3.44. The molecule has 1 atom stereocenters. The van der Waals surface area contributed by atoms with Crippen molar-refractivity contribution >= 4 is 34.6 Å². The molecule has 0 aliphatic rings. The molecule has 128 valence electrons. The highest BCUT2D eigenvalue weighted by atomic mass is 32.1. The number of benzene rings is 1. The minimum absolute atomic E-state index is 0.217. The Morgan fingerprint density at radius 3 is 2.72 bits per heavy atom. The highest BCUT2D eigenvalue weighted by Crippen LogP contribution is 2.26. The van der Waals surface area contributed by atoms with Crippen LogP contribution in [0.15, 0.2) is 52.5 Å². The van der Waals surface area contributed by atoms with Gasteiger partial charge >= 0.3 is 5.97 Å². The van der Waals surface area contributed by atoms with Gasteiger partial charge in [-0.05, 0) is 23.9 Å². The largest absolute Gasteiger partial charge is 0.448 e. The van der Waals surface area contributed by atoms with E-state index in [1.54, 1.807) is 23.6 Å². The Hall–Kier alpha value is -2.51. The lowest BCUT2D eigenvalue weighted by Crippen LogP contribution is -2.35. The van der Waals surface area contributed by atoms with E-state index in [1.807, 2.05) is 47.2 Å². The van der Waals surface area contributed by atoms with Crippen LogP contribution in [0, 0.1) is 0 Å². The molecule has 3 aromatic rings. The first-order valence-electron chi connectivity index (χ1n) is 7.64. The molecule has 0 bridgehead atoms. The number of carbonyl (C=O) groups excluding carboxylic acids is 2. The lowest BCUT2D eigenvalue weighted by Gasteiger charge is -2.12. The van der Waals surface area contributed by atoms with Crippen molar-refractivity contribution < 1.29 is 14.3 Å². The van der Waals surface area contributed by atoms with E-state index in [-0.39, 0.29) is 11.6 Å². The second-order valence-corrected chi connectivity index (χ2v) is 6.94. The summed E-state index contributed by atoms with van der Waals surface area (Å²) >= 11 is 2.94. The van der Waals surface area contributed by atoms with Gasteiger partial charge in [-0.1, -0.05) is 30.3 Å².